The van der Waals surface area contributed by atoms with Gasteiger partial charge >= 0.3 is 5.97 Å². The quantitative estimate of drug-likeness (QED) is 0.461. The number of nitrogens with zero attached hydrogens (tertiary/aromatic N) is 1. The van der Waals surface area contributed by atoms with Crippen LogP contribution < -0.4 is 4.90 Å². The Bertz CT molecular complexity index is 505. The number of carbonyl (C=O) groups excluding carboxylic acids is 1. The molecule has 0 aromatic heterocycles. The fraction of sp³-hybridized carbons (Fsp3) is 0.312. The molecular weight excluding hydrogens is 238 g/mol. The summed E-state index contributed by atoms with van der Waals surface area (Å²) in [5, 5.41) is 0. The maximum Gasteiger partial charge on any atom is 0.330 e. The summed E-state index contributed by atoms with van der Waals surface area (Å²) in [5.41, 5.74) is 3.63. The molecule has 3 heteroatoms. The van der Waals surface area contributed by atoms with E-state index < -0.39 is 0 Å². The maximum atomic E-state index is 11.3. The molecule has 2 rings (SSSR count). The zero-order valence-corrected chi connectivity index (χ0v) is 11.3. The average Bonchev–Trinajstić information content (AvgIpc) is 2.80. The van der Waals surface area contributed by atoms with Crippen LogP contribution in [0.3, 0.4) is 0 Å². The van der Waals surface area contributed by atoms with Crippen molar-refractivity contribution in [1.82, 2.24) is 0 Å². The smallest absolute Gasteiger partial charge is 0.330 e. The second kappa shape index (κ2) is 6.23. The molecule has 0 radical (unpaired) electrons. The van der Waals surface area contributed by atoms with Crippen LogP contribution in [0.1, 0.15) is 18.1 Å². The predicted molar refractivity (Wildman–Crippen MR) is 78.2 cm³/mol. The lowest BCUT2D eigenvalue weighted by molar-refractivity contribution is -0.137. The molecule has 3 nitrogen and oxygen atoms in total. The van der Waals surface area contributed by atoms with Crippen molar-refractivity contribution in [3.63, 3.8) is 0 Å². The zero-order chi connectivity index (χ0) is 13.7. The van der Waals surface area contributed by atoms with E-state index in [1.807, 2.05) is 12.1 Å². The standard InChI is InChI=1S/C16H19NO2/c1-3-10-17-11-9-14-12-13(5-7-15(14)17)6-8-16(18)19-4-2/h3,5-8,12H,1,4,9-11H2,2H3/b8-6+. The first-order valence-corrected chi connectivity index (χ1v) is 6.58. The SMILES string of the molecule is C=CCN1CCc2cc(/C=C/C(=O)OCC)ccc21. The first-order chi connectivity index (χ1) is 9.24. The Balaban J connectivity index is 2.10. The minimum Gasteiger partial charge on any atom is -0.463 e. The number of carbonyl (C=O) groups is 1. The summed E-state index contributed by atoms with van der Waals surface area (Å²) >= 11 is 0. The lowest BCUT2D eigenvalue weighted by Crippen LogP contribution is -2.19. The Kier molecular flexibility index (Phi) is 4.39. The van der Waals surface area contributed by atoms with Crippen LogP contribution in [0, 0.1) is 0 Å². The van der Waals surface area contributed by atoms with E-state index in [0.717, 1.165) is 25.1 Å². The summed E-state index contributed by atoms with van der Waals surface area (Å²) in [7, 11) is 0. The van der Waals surface area contributed by atoms with E-state index in [2.05, 4.69) is 23.6 Å². The second-order valence-corrected chi connectivity index (χ2v) is 4.46. The Hall–Kier alpha value is -2.03. The van der Waals surface area contributed by atoms with Gasteiger partial charge in [0.15, 0.2) is 0 Å². The summed E-state index contributed by atoms with van der Waals surface area (Å²) in [5.74, 6) is -0.295. The lowest BCUT2D eigenvalue weighted by Gasteiger charge is -2.16. The molecule has 0 atom stereocenters. The number of rotatable bonds is 5. The third kappa shape index (κ3) is 3.25. The minimum atomic E-state index is -0.295. The van der Waals surface area contributed by atoms with Crippen LogP contribution in [0.25, 0.3) is 6.08 Å². The van der Waals surface area contributed by atoms with Crippen LogP contribution >= 0.6 is 0 Å². The minimum absolute atomic E-state index is 0.295. The first kappa shape index (κ1) is 13.4. The lowest BCUT2D eigenvalue weighted by atomic mass is 10.1. The summed E-state index contributed by atoms with van der Waals surface area (Å²) in [6, 6.07) is 6.26. The molecule has 1 aromatic rings. The van der Waals surface area contributed by atoms with Crippen molar-refractivity contribution >= 4 is 17.7 Å². The molecular formula is C16H19NO2. The second-order valence-electron chi connectivity index (χ2n) is 4.46. The van der Waals surface area contributed by atoms with Crippen molar-refractivity contribution in [3.8, 4) is 0 Å². The van der Waals surface area contributed by atoms with Gasteiger partial charge in [-0.2, -0.15) is 0 Å². The molecule has 0 saturated carbocycles. The third-order valence-electron chi connectivity index (χ3n) is 3.14. The molecule has 1 aliphatic heterocycles. The number of ether oxygens (including phenoxy) is 1. The van der Waals surface area contributed by atoms with E-state index in [0.29, 0.717) is 6.61 Å². The van der Waals surface area contributed by atoms with E-state index in [4.69, 9.17) is 4.74 Å². The highest BCUT2D eigenvalue weighted by Gasteiger charge is 2.17. The van der Waals surface area contributed by atoms with Gasteiger partial charge in [-0.05, 0) is 42.7 Å². The molecule has 1 aliphatic rings. The van der Waals surface area contributed by atoms with Crippen LogP contribution in [0.5, 0.6) is 0 Å². The largest absolute Gasteiger partial charge is 0.463 e. The zero-order valence-electron chi connectivity index (χ0n) is 11.3. The molecule has 0 unspecified atom stereocenters. The predicted octanol–water partition coefficient (Wildman–Crippen LogP) is 2.81. The normalized spacial score (nSPS) is 13.6. The van der Waals surface area contributed by atoms with Gasteiger partial charge in [0.2, 0.25) is 0 Å². The molecule has 0 saturated heterocycles. The van der Waals surface area contributed by atoms with Crippen molar-refractivity contribution in [2.24, 2.45) is 0 Å². The molecule has 19 heavy (non-hydrogen) atoms. The highest BCUT2D eigenvalue weighted by atomic mass is 16.5. The summed E-state index contributed by atoms with van der Waals surface area (Å²) in [6.45, 7) is 7.90. The number of benzene rings is 1. The molecule has 0 fully saturated rings. The van der Waals surface area contributed by atoms with Crippen LogP contribution in [0.15, 0.2) is 36.9 Å². The molecule has 1 aromatic carbocycles. The maximum absolute atomic E-state index is 11.3. The van der Waals surface area contributed by atoms with E-state index in [1.54, 1.807) is 13.0 Å². The summed E-state index contributed by atoms with van der Waals surface area (Å²) in [6.07, 6.45) is 6.24. The van der Waals surface area contributed by atoms with E-state index in [1.165, 1.54) is 17.3 Å². The average molecular weight is 257 g/mol. The number of esters is 1. The van der Waals surface area contributed by atoms with Crippen LogP contribution in [0.4, 0.5) is 5.69 Å². The molecule has 1 heterocycles. The Morgan fingerprint density at radius 3 is 3.11 bits per heavy atom. The first-order valence-electron chi connectivity index (χ1n) is 6.58. The Labute approximate surface area is 114 Å². The molecule has 0 amide bonds. The van der Waals surface area contributed by atoms with Gasteiger partial charge in [-0.1, -0.05) is 12.1 Å². The van der Waals surface area contributed by atoms with E-state index in [9.17, 15) is 4.79 Å². The highest BCUT2D eigenvalue weighted by Crippen LogP contribution is 2.28. The van der Waals surface area contributed by atoms with Crippen LogP contribution in [-0.2, 0) is 16.0 Å². The highest BCUT2D eigenvalue weighted by molar-refractivity contribution is 5.87. The number of anilines is 1. The van der Waals surface area contributed by atoms with Crippen LogP contribution in [-0.4, -0.2) is 25.7 Å². The van der Waals surface area contributed by atoms with Gasteiger partial charge < -0.3 is 9.64 Å². The van der Waals surface area contributed by atoms with Crippen LogP contribution in [0.2, 0.25) is 0 Å². The summed E-state index contributed by atoms with van der Waals surface area (Å²) in [4.78, 5) is 13.6. The van der Waals surface area contributed by atoms with Crippen molar-refractivity contribution in [2.45, 2.75) is 13.3 Å². The van der Waals surface area contributed by atoms with Gasteiger partial charge in [0.05, 0.1) is 6.61 Å². The molecule has 0 bridgehead atoms. The van der Waals surface area contributed by atoms with Crippen molar-refractivity contribution in [2.75, 3.05) is 24.6 Å². The van der Waals surface area contributed by atoms with Crippen molar-refractivity contribution in [3.05, 3.63) is 48.1 Å². The monoisotopic (exact) mass is 257 g/mol. The fourth-order valence-electron chi connectivity index (χ4n) is 2.29. The van der Waals surface area contributed by atoms with Gasteiger partial charge in [0.1, 0.15) is 0 Å². The molecule has 0 aliphatic carbocycles. The Morgan fingerprint density at radius 2 is 2.37 bits per heavy atom. The Morgan fingerprint density at radius 1 is 1.53 bits per heavy atom. The molecule has 0 N–H and O–H groups in total. The topological polar surface area (TPSA) is 29.5 Å². The number of fused-ring (bicyclic) bond motifs is 1. The van der Waals surface area contributed by atoms with Crippen molar-refractivity contribution in [1.29, 1.82) is 0 Å². The van der Waals surface area contributed by atoms with E-state index in [-0.39, 0.29) is 5.97 Å². The van der Waals surface area contributed by atoms with Gasteiger partial charge in [-0.15, -0.1) is 6.58 Å². The number of hydrogen-bond donors (Lipinski definition) is 0. The van der Waals surface area contributed by atoms with E-state index >= 15 is 0 Å². The summed E-state index contributed by atoms with van der Waals surface area (Å²) < 4.78 is 4.86. The third-order valence-corrected chi connectivity index (χ3v) is 3.14. The molecule has 0 spiro atoms. The van der Waals surface area contributed by atoms with Gasteiger partial charge in [-0.25, -0.2) is 4.79 Å². The van der Waals surface area contributed by atoms with Gasteiger partial charge in [-0.3, -0.25) is 0 Å². The van der Waals surface area contributed by atoms with Gasteiger partial charge in [0, 0.05) is 24.9 Å². The molecule has 100 valence electrons. The fourth-order valence-corrected chi connectivity index (χ4v) is 2.29. The van der Waals surface area contributed by atoms with Crippen molar-refractivity contribution < 1.29 is 9.53 Å². The van der Waals surface area contributed by atoms with Gasteiger partial charge in [0.25, 0.3) is 0 Å². The number of hydrogen-bond acceptors (Lipinski definition) is 3.